The van der Waals surface area contributed by atoms with Crippen LogP contribution in [-0.2, 0) is 19.4 Å². The summed E-state index contributed by atoms with van der Waals surface area (Å²) in [6.07, 6.45) is 3.93. The van der Waals surface area contributed by atoms with Crippen molar-refractivity contribution >= 4 is 21.7 Å². The van der Waals surface area contributed by atoms with Gasteiger partial charge in [0.2, 0.25) is 11.8 Å². The molecule has 2 amide bonds. The summed E-state index contributed by atoms with van der Waals surface area (Å²) in [4.78, 5) is 27.2. The minimum atomic E-state index is -3.86. The number of sulfone groups is 1. The Morgan fingerprint density at radius 2 is 1.70 bits per heavy atom. The Hall–Kier alpha value is -1.89. The number of rotatable bonds is 5. The molecule has 0 radical (unpaired) electrons. The predicted molar refractivity (Wildman–Crippen MR) is 103 cm³/mol. The van der Waals surface area contributed by atoms with E-state index in [1.807, 2.05) is 13.0 Å². The van der Waals surface area contributed by atoms with Crippen molar-refractivity contribution in [3.63, 3.8) is 0 Å². The first-order valence-corrected chi connectivity index (χ1v) is 11.1. The number of amides is 2. The van der Waals surface area contributed by atoms with E-state index in [1.165, 1.54) is 0 Å². The van der Waals surface area contributed by atoms with Crippen molar-refractivity contribution in [1.29, 1.82) is 0 Å². The summed E-state index contributed by atoms with van der Waals surface area (Å²) >= 11 is 0. The molecule has 3 rings (SSSR count). The lowest BCUT2D eigenvalue weighted by Crippen LogP contribution is -2.52. The number of nitrogens with one attached hydrogen (secondary N) is 1. The van der Waals surface area contributed by atoms with Crippen molar-refractivity contribution < 1.29 is 18.0 Å². The summed E-state index contributed by atoms with van der Waals surface area (Å²) in [5, 5.41) is 2.64. The van der Waals surface area contributed by atoms with Gasteiger partial charge in [-0.25, -0.2) is 8.42 Å². The van der Waals surface area contributed by atoms with Crippen LogP contribution in [0.25, 0.3) is 0 Å². The van der Waals surface area contributed by atoms with Gasteiger partial charge in [0.15, 0.2) is 14.6 Å². The quantitative estimate of drug-likeness (QED) is 0.832. The highest BCUT2D eigenvalue weighted by Gasteiger charge is 2.53. The molecule has 1 aliphatic heterocycles. The van der Waals surface area contributed by atoms with Gasteiger partial charge in [-0.15, -0.1) is 0 Å². The molecule has 1 saturated carbocycles. The number of hydrogen-bond donors (Lipinski definition) is 1. The maximum atomic E-state index is 13.5. The summed E-state index contributed by atoms with van der Waals surface area (Å²) in [7, 11) is -3.86. The molecule has 0 spiro atoms. The van der Waals surface area contributed by atoms with E-state index < -0.39 is 20.5 Å². The van der Waals surface area contributed by atoms with Crippen molar-refractivity contribution in [3.05, 3.63) is 29.3 Å². The van der Waals surface area contributed by atoms with Gasteiger partial charge in [-0.05, 0) is 56.7 Å². The average Bonchev–Trinajstić information content (AvgIpc) is 3.33. The number of hydrogen-bond acceptors (Lipinski definition) is 4. The minimum absolute atomic E-state index is 0.136. The second kappa shape index (κ2) is 7.62. The highest BCUT2D eigenvalue weighted by atomic mass is 32.2. The number of aryl methyl sites for hydroxylation is 2. The fourth-order valence-corrected chi connectivity index (χ4v) is 6.56. The lowest BCUT2D eigenvalue weighted by molar-refractivity contribution is -0.132. The van der Waals surface area contributed by atoms with Crippen molar-refractivity contribution in [3.8, 4) is 0 Å². The third-order valence-electron chi connectivity index (χ3n) is 5.83. The van der Waals surface area contributed by atoms with Crippen LogP contribution in [0.2, 0.25) is 0 Å². The van der Waals surface area contributed by atoms with Crippen LogP contribution in [0.5, 0.6) is 0 Å². The van der Waals surface area contributed by atoms with E-state index in [4.69, 9.17) is 0 Å². The van der Waals surface area contributed by atoms with Gasteiger partial charge in [0.05, 0.1) is 11.4 Å². The molecule has 2 aliphatic rings. The molecule has 6 nitrogen and oxygen atoms in total. The molecular formula is C20H28N2O4S. The Bertz CT molecular complexity index is 836. The third kappa shape index (κ3) is 3.61. The van der Waals surface area contributed by atoms with E-state index in [0.717, 1.165) is 18.4 Å². The molecule has 148 valence electrons. The molecule has 1 aromatic rings. The molecule has 27 heavy (non-hydrogen) atoms. The number of carbonyl (C=O) groups excluding carboxylic acids is 2. The molecule has 1 aliphatic carbocycles. The van der Waals surface area contributed by atoms with E-state index in [0.29, 0.717) is 44.3 Å². The van der Waals surface area contributed by atoms with Crippen LogP contribution < -0.4 is 5.32 Å². The standard InChI is InChI=1S/C20H28N2O4S/c1-15-7-8-16(2)17(13-15)27(25,26)20(9-3-4-10-20)19(24)21-14-18(23)22-11-5-6-12-22/h7-8,13H,3-6,9-12,14H2,1-2H3,(H,21,24). The van der Waals surface area contributed by atoms with Crippen LogP contribution in [-0.4, -0.2) is 49.5 Å². The Morgan fingerprint density at radius 3 is 2.33 bits per heavy atom. The second-order valence-electron chi connectivity index (χ2n) is 7.74. The molecule has 1 N–H and O–H groups in total. The molecule has 0 bridgehead atoms. The maximum absolute atomic E-state index is 13.5. The highest BCUT2D eigenvalue weighted by Crippen LogP contribution is 2.41. The SMILES string of the molecule is Cc1ccc(C)c(S(=O)(=O)C2(C(=O)NCC(=O)N3CCCC3)CCCC2)c1. The van der Waals surface area contributed by atoms with E-state index in [9.17, 15) is 18.0 Å². The molecule has 1 saturated heterocycles. The molecule has 0 aromatic heterocycles. The summed E-state index contributed by atoms with van der Waals surface area (Å²) in [5.41, 5.74) is 1.49. The Labute approximate surface area is 161 Å². The van der Waals surface area contributed by atoms with Crippen LogP contribution in [0.15, 0.2) is 23.1 Å². The van der Waals surface area contributed by atoms with Crippen LogP contribution in [0.3, 0.4) is 0 Å². The summed E-state index contributed by atoms with van der Waals surface area (Å²) in [6.45, 7) is 4.88. The lowest BCUT2D eigenvalue weighted by Gasteiger charge is -2.29. The van der Waals surface area contributed by atoms with Crippen LogP contribution in [0.4, 0.5) is 0 Å². The Kier molecular flexibility index (Phi) is 5.60. The zero-order chi connectivity index (χ0) is 19.7. The van der Waals surface area contributed by atoms with Crippen LogP contribution >= 0.6 is 0 Å². The zero-order valence-corrected chi connectivity index (χ0v) is 16.9. The van der Waals surface area contributed by atoms with Crippen LogP contribution in [0, 0.1) is 13.8 Å². The minimum Gasteiger partial charge on any atom is -0.346 e. The van der Waals surface area contributed by atoms with Crippen molar-refractivity contribution in [1.82, 2.24) is 10.2 Å². The van der Waals surface area contributed by atoms with Crippen molar-refractivity contribution in [2.75, 3.05) is 19.6 Å². The first-order valence-electron chi connectivity index (χ1n) is 9.66. The van der Waals surface area contributed by atoms with Gasteiger partial charge in [-0.3, -0.25) is 9.59 Å². The van der Waals surface area contributed by atoms with E-state index in [1.54, 1.807) is 24.0 Å². The van der Waals surface area contributed by atoms with E-state index in [-0.39, 0.29) is 17.3 Å². The number of nitrogens with zero attached hydrogens (tertiary/aromatic N) is 1. The maximum Gasteiger partial charge on any atom is 0.242 e. The van der Waals surface area contributed by atoms with E-state index in [2.05, 4.69) is 5.32 Å². The highest BCUT2D eigenvalue weighted by molar-refractivity contribution is 7.93. The molecular weight excluding hydrogens is 364 g/mol. The molecule has 7 heteroatoms. The first-order chi connectivity index (χ1) is 12.8. The summed E-state index contributed by atoms with van der Waals surface area (Å²) in [6, 6.07) is 5.29. The third-order valence-corrected chi connectivity index (χ3v) is 8.47. The first kappa shape index (κ1) is 19.9. The monoisotopic (exact) mass is 392 g/mol. The van der Waals surface area contributed by atoms with Gasteiger partial charge in [0.25, 0.3) is 0 Å². The fourth-order valence-electron chi connectivity index (χ4n) is 4.17. The second-order valence-corrected chi connectivity index (χ2v) is 9.97. The average molecular weight is 393 g/mol. The number of carbonyl (C=O) groups is 2. The summed E-state index contributed by atoms with van der Waals surface area (Å²) < 4.78 is 25.6. The van der Waals surface area contributed by atoms with Gasteiger partial charge in [-0.1, -0.05) is 25.0 Å². The normalized spacial score (nSPS) is 19.3. The van der Waals surface area contributed by atoms with Gasteiger partial charge >= 0.3 is 0 Å². The number of likely N-dealkylation sites (tertiary alicyclic amines) is 1. The molecule has 2 fully saturated rings. The molecule has 1 aromatic carbocycles. The van der Waals surface area contributed by atoms with Gasteiger partial charge in [0, 0.05) is 13.1 Å². The molecule has 1 heterocycles. The molecule has 0 atom stereocenters. The zero-order valence-electron chi connectivity index (χ0n) is 16.1. The fraction of sp³-hybridized carbons (Fsp3) is 0.600. The lowest BCUT2D eigenvalue weighted by atomic mass is 10.1. The topological polar surface area (TPSA) is 83.5 Å². The van der Waals surface area contributed by atoms with Gasteiger partial charge < -0.3 is 10.2 Å². The van der Waals surface area contributed by atoms with Crippen molar-refractivity contribution in [2.45, 2.75) is 62.0 Å². The summed E-state index contributed by atoms with van der Waals surface area (Å²) in [5.74, 6) is -0.674. The Balaban J connectivity index is 1.85. The largest absolute Gasteiger partial charge is 0.346 e. The smallest absolute Gasteiger partial charge is 0.242 e. The van der Waals surface area contributed by atoms with Crippen molar-refractivity contribution in [2.24, 2.45) is 0 Å². The molecule has 0 unspecified atom stereocenters. The van der Waals surface area contributed by atoms with Crippen LogP contribution in [0.1, 0.15) is 49.7 Å². The van der Waals surface area contributed by atoms with Gasteiger partial charge in [0.1, 0.15) is 0 Å². The predicted octanol–water partition coefficient (Wildman–Crippen LogP) is 2.13. The number of benzene rings is 1. The van der Waals surface area contributed by atoms with Gasteiger partial charge in [-0.2, -0.15) is 0 Å². The Morgan fingerprint density at radius 1 is 1.07 bits per heavy atom. The van der Waals surface area contributed by atoms with E-state index >= 15 is 0 Å².